The van der Waals surface area contributed by atoms with Crippen LogP contribution < -0.4 is 15.6 Å². The summed E-state index contributed by atoms with van der Waals surface area (Å²) in [4.78, 5) is 23.8. The van der Waals surface area contributed by atoms with Gasteiger partial charge in [0.1, 0.15) is 17.3 Å². The molecule has 0 aliphatic carbocycles. The number of carbonyl (C=O) groups excluding carboxylic acids is 1. The zero-order valence-electron chi connectivity index (χ0n) is 13.1. The number of anilines is 1. The second-order valence-electron chi connectivity index (χ2n) is 5.01. The highest BCUT2D eigenvalue weighted by Gasteiger charge is 2.32. The fourth-order valence-electron chi connectivity index (χ4n) is 2.03. The predicted molar refractivity (Wildman–Crippen MR) is 87.0 cm³/mol. The predicted octanol–water partition coefficient (Wildman–Crippen LogP) is 3.56. The Hall–Kier alpha value is -2.48. The van der Waals surface area contributed by atoms with Crippen LogP contribution in [-0.4, -0.2) is 17.1 Å². The van der Waals surface area contributed by atoms with E-state index in [9.17, 15) is 22.8 Å². The van der Waals surface area contributed by atoms with Gasteiger partial charge in [-0.25, -0.2) is 0 Å². The molecule has 134 valence electrons. The summed E-state index contributed by atoms with van der Waals surface area (Å²) in [6.45, 7) is 1.72. The summed E-state index contributed by atoms with van der Waals surface area (Å²) in [5.41, 5.74) is -1.57. The summed E-state index contributed by atoms with van der Waals surface area (Å²) in [5.74, 6) is -0.0528. The molecule has 1 aromatic carbocycles. The first-order valence-electron chi connectivity index (χ1n) is 7.20. The van der Waals surface area contributed by atoms with Crippen molar-refractivity contribution in [3.05, 3.63) is 57.5 Å². The van der Waals surface area contributed by atoms with E-state index in [-0.39, 0.29) is 0 Å². The molecule has 0 radical (unpaired) electrons. The van der Waals surface area contributed by atoms with Gasteiger partial charge >= 0.3 is 6.18 Å². The lowest BCUT2D eigenvalue weighted by Gasteiger charge is -2.12. The Bertz CT molecular complexity index is 817. The number of aromatic nitrogens is 1. The maximum absolute atomic E-state index is 12.8. The molecule has 0 atom stereocenters. The lowest BCUT2D eigenvalue weighted by atomic mass is 10.2. The number of halogens is 4. The van der Waals surface area contributed by atoms with E-state index in [2.05, 4.69) is 5.32 Å². The van der Waals surface area contributed by atoms with E-state index >= 15 is 0 Å². The van der Waals surface area contributed by atoms with E-state index in [1.165, 1.54) is 0 Å². The van der Waals surface area contributed by atoms with Crippen molar-refractivity contribution < 1.29 is 22.7 Å². The van der Waals surface area contributed by atoms with E-state index in [0.29, 0.717) is 34.9 Å². The molecule has 0 bridgehead atoms. The first-order chi connectivity index (χ1) is 11.7. The number of nitrogens with zero attached hydrogens (tertiary/aromatic N) is 1. The molecule has 1 amide bonds. The molecule has 2 aromatic rings. The van der Waals surface area contributed by atoms with E-state index in [1.807, 2.05) is 6.92 Å². The number of hydrogen-bond acceptors (Lipinski definition) is 3. The number of benzene rings is 1. The molecule has 1 heterocycles. The van der Waals surface area contributed by atoms with Crippen molar-refractivity contribution in [1.82, 2.24) is 4.57 Å². The Kier molecular flexibility index (Phi) is 5.73. The topological polar surface area (TPSA) is 60.3 Å². The molecule has 0 spiro atoms. The highest BCUT2D eigenvalue weighted by atomic mass is 35.5. The van der Waals surface area contributed by atoms with Gasteiger partial charge in [0.2, 0.25) is 5.91 Å². The van der Waals surface area contributed by atoms with E-state index in [4.69, 9.17) is 16.3 Å². The number of rotatable bonds is 5. The standard InChI is InChI=1S/C16H14ClF3N2O3/c1-2-25-12-5-3-11(4-6-12)21-14(23)9-22-8-10(16(18,19)20)7-13(17)15(22)24/h3-8H,2,9H2,1H3,(H,21,23). The van der Waals surface area contributed by atoms with Crippen LogP contribution in [0.1, 0.15) is 12.5 Å². The number of amides is 1. The zero-order chi connectivity index (χ0) is 18.6. The minimum Gasteiger partial charge on any atom is -0.494 e. The Morgan fingerprint density at radius 3 is 2.48 bits per heavy atom. The highest BCUT2D eigenvalue weighted by Crippen LogP contribution is 2.29. The van der Waals surface area contributed by atoms with E-state index in [0.717, 1.165) is 0 Å². The molecule has 0 aliphatic rings. The molecule has 0 saturated carbocycles. The molecule has 0 fully saturated rings. The van der Waals surface area contributed by atoms with Crippen molar-refractivity contribution in [2.45, 2.75) is 19.6 Å². The number of pyridine rings is 1. The van der Waals surface area contributed by atoms with E-state index < -0.39 is 34.8 Å². The minimum atomic E-state index is -4.68. The number of alkyl halides is 3. The largest absolute Gasteiger partial charge is 0.494 e. The monoisotopic (exact) mass is 374 g/mol. The van der Waals surface area contributed by atoms with Crippen molar-refractivity contribution in [2.75, 3.05) is 11.9 Å². The van der Waals surface area contributed by atoms with Crippen LogP contribution in [0.2, 0.25) is 5.02 Å². The Labute approximate surface area is 146 Å². The Morgan fingerprint density at radius 1 is 1.28 bits per heavy atom. The maximum Gasteiger partial charge on any atom is 0.417 e. The van der Waals surface area contributed by atoms with Gasteiger partial charge in [0.15, 0.2) is 0 Å². The normalized spacial score (nSPS) is 11.2. The SMILES string of the molecule is CCOc1ccc(NC(=O)Cn2cc(C(F)(F)F)cc(Cl)c2=O)cc1. The summed E-state index contributed by atoms with van der Waals surface area (Å²) in [6.07, 6.45) is -4.11. The Morgan fingerprint density at radius 2 is 1.92 bits per heavy atom. The molecule has 25 heavy (non-hydrogen) atoms. The van der Waals surface area contributed by atoms with Gasteiger partial charge < -0.3 is 14.6 Å². The smallest absolute Gasteiger partial charge is 0.417 e. The van der Waals surface area contributed by atoms with Crippen LogP contribution in [0.5, 0.6) is 5.75 Å². The third-order valence-electron chi connectivity index (χ3n) is 3.13. The van der Waals surface area contributed by atoms with Crippen molar-refractivity contribution in [3.63, 3.8) is 0 Å². The van der Waals surface area contributed by atoms with Crippen LogP contribution >= 0.6 is 11.6 Å². The van der Waals surface area contributed by atoms with E-state index in [1.54, 1.807) is 24.3 Å². The molecule has 9 heteroatoms. The third kappa shape index (κ3) is 4.99. The van der Waals surface area contributed by atoms with Gasteiger partial charge in [-0.15, -0.1) is 0 Å². The lowest BCUT2D eigenvalue weighted by Crippen LogP contribution is -2.29. The fraction of sp³-hybridized carbons (Fsp3) is 0.250. The van der Waals surface area contributed by atoms with Gasteiger partial charge in [-0.3, -0.25) is 9.59 Å². The summed E-state index contributed by atoms with van der Waals surface area (Å²) in [5, 5.41) is 1.88. The quantitative estimate of drug-likeness (QED) is 0.870. The van der Waals surface area contributed by atoms with Crippen molar-refractivity contribution in [1.29, 1.82) is 0 Å². The van der Waals surface area contributed by atoms with Crippen LogP contribution in [0.25, 0.3) is 0 Å². The zero-order valence-corrected chi connectivity index (χ0v) is 13.8. The first kappa shape index (κ1) is 18.9. The number of carbonyl (C=O) groups is 1. The first-order valence-corrected chi connectivity index (χ1v) is 7.58. The van der Waals surface area contributed by atoms with Crippen LogP contribution in [0, 0.1) is 0 Å². The van der Waals surface area contributed by atoms with Crippen molar-refractivity contribution in [3.8, 4) is 5.75 Å². The average molecular weight is 375 g/mol. The van der Waals surface area contributed by atoms with Gasteiger partial charge in [-0.05, 0) is 37.3 Å². The molecule has 0 saturated heterocycles. The van der Waals surface area contributed by atoms with Gasteiger partial charge in [0, 0.05) is 11.9 Å². The van der Waals surface area contributed by atoms with Gasteiger partial charge in [-0.2, -0.15) is 13.2 Å². The molecule has 0 unspecified atom stereocenters. The summed E-state index contributed by atoms with van der Waals surface area (Å²) >= 11 is 5.54. The lowest BCUT2D eigenvalue weighted by molar-refractivity contribution is -0.138. The Balaban J connectivity index is 2.15. The van der Waals surface area contributed by atoms with Gasteiger partial charge in [0.25, 0.3) is 5.56 Å². The van der Waals surface area contributed by atoms with Gasteiger partial charge in [0.05, 0.1) is 12.2 Å². The molecule has 0 aliphatic heterocycles. The summed E-state index contributed by atoms with van der Waals surface area (Å²) in [7, 11) is 0. The molecule has 5 nitrogen and oxygen atoms in total. The molecular weight excluding hydrogens is 361 g/mol. The number of hydrogen-bond donors (Lipinski definition) is 1. The second kappa shape index (κ2) is 7.60. The van der Waals surface area contributed by atoms with Crippen LogP contribution in [0.3, 0.4) is 0 Å². The summed E-state index contributed by atoms with van der Waals surface area (Å²) < 4.78 is 44.2. The second-order valence-corrected chi connectivity index (χ2v) is 5.42. The molecule has 1 aromatic heterocycles. The highest BCUT2D eigenvalue weighted by molar-refractivity contribution is 6.30. The minimum absolute atomic E-state index is 0.416. The fourth-order valence-corrected chi connectivity index (χ4v) is 2.25. The van der Waals surface area contributed by atoms with Crippen LogP contribution in [0.4, 0.5) is 18.9 Å². The number of ether oxygens (including phenoxy) is 1. The average Bonchev–Trinajstić information content (AvgIpc) is 2.52. The third-order valence-corrected chi connectivity index (χ3v) is 3.40. The van der Waals surface area contributed by atoms with Gasteiger partial charge in [-0.1, -0.05) is 11.6 Å². The van der Waals surface area contributed by atoms with Crippen molar-refractivity contribution in [2.24, 2.45) is 0 Å². The molecular formula is C16H14ClF3N2O3. The molecule has 1 N–H and O–H groups in total. The maximum atomic E-state index is 12.8. The number of nitrogens with one attached hydrogen (secondary N) is 1. The molecule has 2 rings (SSSR count). The summed E-state index contributed by atoms with van der Waals surface area (Å²) in [6, 6.07) is 6.94. The van der Waals surface area contributed by atoms with Crippen LogP contribution in [0.15, 0.2) is 41.3 Å². The van der Waals surface area contributed by atoms with Crippen molar-refractivity contribution >= 4 is 23.2 Å². The van der Waals surface area contributed by atoms with Crippen LogP contribution in [-0.2, 0) is 17.5 Å².